The van der Waals surface area contributed by atoms with Crippen molar-refractivity contribution in [3.05, 3.63) is 29.1 Å². The summed E-state index contributed by atoms with van der Waals surface area (Å²) in [5.41, 5.74) is 3.70. The zero-order valence-corrected chi connectivity index (χ0v) is 6.74. The van der Waals surface area contributed by atoms with Gasteiger partial charge in [0.05, 0.1) is 5.56 Å². The molecule has 0 aromatic heterocycles. The number of aryl methyl sites for hydroxylation is 1. The van der Waals surface area contributed by atoms with Gasteiger partial charge in [-0.1, -0.05) is 0 Å². The summed E-state index contributed by atoms with van der Waals surface area (Å²) >= 11 is 0. The Hall–Kier alpha value is -1.26. The van der Waals surface area contributed by atoms with Crippen LogP contribution in [-0.4, -0.2) is 0 Å². The van der Waals surface area contributed by atoms with E-state index in [9.17, 15) is 17.6 Å². The Morgan fingerprint density at radius 2 is 1.77 bits per heavy atom. The summed E-state index contributed by atoms with van der Waals surface area (Å²) in [5, 5.41) is 0. The number of anilines is 1. The lowest BCUT2D eigenvalue weighted by Crippen LogP contribution is -2.10. The fourth-order valence-electron chi connectivity index (χ4n) is 0.989. The van der Waals surface area contributed by atoms with E-state index in [1.165, 1.54) is 6.92 Å². The van der Waals surface area contributed by atoms with Gasteiger partial charge in [0.1, 0.15) is 5.82 Å². The van der Waals surface area contributed by atoms with Gasteiger partial charge >= 0.3 is 6.18 Å². The number of rotatable bonds is 0. The molecule has 0 aliphatic carbocycles. The minimum atomic E-state index is -4.60. The standard InChI is InChI=1S/C8H7F4N/c1-4-2-5(9)3-6(7(4)13)8(10,11)12/h2-3H,13H2,1H3. The summed E-state index contributed by atoms with van der Waals surface area (Å²) in [6.45, 7) is 1.33. The minimum Gasteiger partial charge on any atom is -0.398 e. The van der Waals surface area contributed by atoms with Gasteiger partial charge in [0.15, 0.2) is 0 Å². The Bertz CT molecular complexity index is 330. The van der Waals surface area contributed by atoms with E-state index in [0.717, 1.165) is 6.07 Å². The van der Waals surface area contributed by atoms with E-state index in [0.29, 0.717) is 6.07 Å². The molecule has 5 heteroatoms. The summed E-state index contributed by atoms with van der Waals surface area (Å²) in [7, 11) is 0. The number of nitrogens with two attached hydrogens (primary N) is 1. The first-order valence-corrected chi connectivity index (χ1v) is 3.45. The maximum absolute atomic E-state index is 12.6. The van der Waals surface area contributed by atoms with Crippen LogP contribution in [0.3, 0.4) is 0 Å². The van der Waals surface area contributed by atoms with Gasteiger partial charge in [-0.05, 0) is 24.6 Å². The number of hydrogen-bond donors (Lipinski definition) is 1. The number of nitrogen functional groups attached to an aromatic ring is 1. The van der Waals surface area contributed by atoms with Crippen molar-refractivity contribution in [1.29, 1.82) is 0 Å². The maximum Gasteiger partial charge on any atom is 0.418 e. The first-order chi connectivity index (χ1) is 5.82. The van der Waals surface area contributed by atoms with E-state index in [4.69, 9.17) is 5.73 Å². The molecule has 1 rings (SSSR count). The van der Waals surface area contributed by atoms with Gasteiger partial charge in [-0.25, -0.2) is 4.39 Å². The molecule has 13 heavy (non-hydrogen) atoms. The van der Waals surface area contributed by atoms with Crippen LogP contribution in [-0.2, 0) is 6.18 Å². The Morgan fingerprint density at radius 3 is 2.23 bits per heavy atom. The molecule has 1 aromatic rings. The van der Waals surface area contributed by atoms with Crippen molar-refractivity contribution in [2.24, 2.45) is 0 Å². The second-order valence-corrected chi connectivity index (χ2v) is 2.68. The molecule has 0 bridgehead atoms. The lowest BCUT2D eigenvalue weighted by molar-refractivity contribution is -0.137. The van der Waals surface area contributed by atoms with Crippen molar-refractivity contribution in [2.75, 3.05) is 5.73 Å². The highest BCUT2D eigenvalue weighted by molar-refractivity contribution is 5.54. The quantitative estimate of drug-likeness (QED) is 0.497. The van der Waals surface area contributed by atoms with Crippen LogP contribution in [0.1, 0.15) is 11.1 Å². The van der Waals surface area contributed by atoms with Gasteiger partial charge in [0.25, 0.3) is 0 Å². The molecule has 1 aromatic carbocycles. The summed E-state index contributed by atoms with van der Waals surface area (Å²) in [6.07, 6.45) is -4.60. The molecule has 0 spiro atoms. The second kappa shape index (κ2) is 2.90. The van der Waals surface area contributed by atoms with Crippen molar-refractivity contribution < 1.29 is 17.6 Å². The predicted octanol–water partition coefficient (Wildman–Crippen LogP) is 2.74. The molecule has 2 N–H and O–H groups in total. The molecule has 0 fully saturated rings. The Balaban J connectivity index is 3.37. The molecule has 0 atom stereocenters. The van der Waals surface area contributed by atoms with Gasteiger partial charge in [0, 0.05) is 5.69 Å². The van der Waals surface area contributed by atoms with Crippen LogP contribution in [0.5, 0.6) is 0 Å². The SMILES string of the molecule is Cc1cc(F)cc(C(F)(F)F)c1N. The molecule has 0 heterocycles. The van der Waals surface area contributed by atoms with Crippen LogP contribution in [0.15, 0.2) is 12.1 Å². The Labute approximate surface area is 72.2 Å². The molecule has 0 radical (unpaired) electrons. The van der Waals surface area contributed by atoms with Crippen LogP contribution in [0.4, 0.5) is 23.2 Å². The van der Waals surface area contributed by atoms with Crippen molar-refractivity contribution in [1.82, 2.24) is 0 Å². The van der Waals surface area contributed by atoms with Crippen molar-refractivity contribution in [2.45, 2.75) is 13.1 Å². The Morgan fingerprint density at radius 1 is 1.23 bits per heavy atom. The van der Waals surface area contributed by atoms with Crippen molar-refractivity contribution >= 4 is 5.69 Å². The lowest BCUT2D eigenvalue weighted by Gasteiger charge is -2.11. The molecule has 0 saturated heterocycles. The summed E-state index contributed by atoms with van der Waals surface area (Å²) in [5.74, 6) is -0.931. The van der Waals surface area contributed by atoms with E-state index < -0.39 is 23.2 Å². The van der Waals surface area contributed by atoms with E-state index in [-0.39, 0.29) is 5.56 Å². The molecule has 0 amide bonds. The first-order valence-electron chi connectivity index (χ1n) is 3.45. The zero-order valence-electron chi connectivity index (χ0n) is 6.74. The summed E-state index contributed by atoms with van der Waals surface area (Å²) in [6, 6.07) is 1.35. The van der Waals surface area contributed by atoms with Gasteiger partial charge in [-0.3, -0.25) is 0 Å². The molecule has 72 valence electrons. The largest absolute Gasteiger partial charge is 0.418 e. The fraction of sp³-hybridized carbons (Fsp3) is 0.250. The first kappa shape index (κ1) is 9.83. The van der Waals surface area contributed by atoms with Crippen LogP contribution in [0, 0.1) is 12.7 Å². The average molecular weight is 193 g/mol. The zero-order chi connectivity index (χ0) is 10.2. The number of halogens is 4. The molecular weight excluding hydrogens is 186 g/mol. The fourth-order valence-corrected chi connectivity index (χ4v) is 0.989. The van der Waals surface area contributed by atoms with E-state index in [1.54, 1.807) is 0 Å². The number of hydrogen-bond acceptors (Lipinski definition) is 1. The normalized spacial score (nSPS) is 11.8. The van der Waals surface area contributed by atoms with E-state index in [1.807, 2.05) is 0 Å². The second-order valence-electron chi connectivity index (χ2n) is 2.68. The van der Waals surface area contributed by atoms with Crippen molar-refractivity contribution in [3.63, 3.8) is 0 Å². The molecule has 0 aliphatic heterocycles. The minimum absolute atomic E-state index is 0.0901. The smallest absolute Gasteiger partial charge is 0.398 e. The topological polar surface area (TPSA) is 26.0 Å². The molecule has 0 unspecified atom stereocenters. The summed E-state index contributed by atoms with van der Waals surface area (Å²) < 4.78 is 49.1. The average Bonchev–Trinajstić information content (AvgIpc) is 1.94. The highest BCUT2D eigenvalue weighted by atomic mass is 19.4. The van der Waals surface area contributed by atoms with Gasteiger partial charge < -0.3 is 5.73 Å². The maximum atomic E-state index is 12.6. The third-order valence-electron chi connectivity index (χ3n) is 1.66. The van der Waals surface area contributed by atoms with E-state index >= 15 is 0 Å². The number of alkyl halides is 3. The van der Waals surface area contributed by atoms with Crippen LogP contribution < -0.4 is 5.73 Å². The van der Waals surface area contributed by atoms with Crippen molar-refractivity contribution in [3.8, 4) is 0 Å². The van der Waals surface area contributed by atoms with Crippen LogP contribution in [0.2, 0.25) is 0 Å². The molecular formula is C8H7F4N. The number of benzene rings is 1. The van der Waals surface area contributed by atoms with Gasteiger partial charge in [-0.15, -0.1) is 0 Å². The van der Waals surface area contributed by atoms with E-state index in [2.05, 4.69) is 0 Å². The van der Waals surface area contributed by atoms with Crippen LogP contribution in [0.25, 0.3) is 0 Å². The molecule has 0 saturated carbocycles. The summed E-state index contributed by atoms with van der Waals surface area (Å²) in [4.78, 5) is 0. The molecule has 0 aliphatic rings. The highest BCUT2D eigenvalue weighted by Gasteiger charge is 2.33. The third kappa shape index (κ3) is 1.91. The molecule has 1 nitrogen and oxygen atoms in total. The van der Waals surface area contributed by atoms with Gasteiger partial charge in [0.2, 0.25) is 0 Å². The third-order valence-corrected chi connectivity index (χ3v) is 1.66. The van der Waals surface area contributed by atoms with Gasteiger partial charge in [-0.2, -0.15) is 13.2 Å². The highest BCUT2D eigenvalue weighted by Crippen LogP contribution is 2.35. The Kier molecular flexibility index (Phi) is 2.19. The lowest BCUT2D eigenvalue weighted by atomic mass is 10.1. The predicted molar refractivity (Wildman–Crippen MR) is 40.6 cm³/mol. The monoisotopic (exact) mass is 193 g/mol. The van der Waals surface area contributed by atoms with Crippen LogP contribution >= 0.6 is 0 Å².